The molecule has 0 amide bonds. The molecule has 0 aromatic heterocycles. The molecule has 0 spiro atoms. The zero-order valence-corrected chi connectivity index (χ0v) is 9.47. The maximum Gasteiger partial charge on any atom is 0.00958 e. The molecule has 82 valence electrons. The van der Waals surface area contributed by atoms with E-state index in [1.807, 2.05) is 0 Å². The fraction of sp³-hybridized carbons (Fsp3) is 1.00. The first-order valence-corrected chi connectivity index (χ1v) is 6.31. The van der Waals surface area contributed by atoms with Gasteiger partial charge in [-0.1, -0.05) is 6.42 Å². The molecule has 0 aromatic rings. The van der Waals surface area contributed by atoms with E-state index in [0.29, 0.717) is 0 Å². The van der Waals surface area contributed by atoms with Crippen LogP contribution in [0.1, 0.15) is 44.9 Å². The van der Waals surface area contributed by atoms with Crippen molar-refractivity contribution in [3.8, 4) is 0 Å². The Morgan fingerprint density at radius 3 is 2.43 bits per heavy atom. The van der Waals surface area contributed by atoms with E-state index in [4.69, 9.17) is 0 Å². The second-order valence-electron chi connectivity index (χ2n) is 4.89. The summed E-state index contributed by atoms with van der Waals surface area (Å²) in [6, 6.07) is 1.71. The standard InChI is InChI=1S/C12H24N2/c1-13-11-5-4-6-12(8-7-11)14-9-2-3-10-14/h11-13H,2-10H2,1H3. The lowest BCUT2D eigenvalue weighted by Gasteiger charge is -2.26. The molecule has 2 rings (SSSR count). The highest BCUT2D eigenvalue weighted by Crippen LogP contribution is 2.24. The van der Waals surface area contributed by atoms with Gasteiger partial charge in [-0.2, -0.15) is 0 Å². The molecule has 1 saturated carbocycles. The number of nitrogens with one attached hydrogen (secondary N) is 1. The Labute approximate surface area is 88.1 Å². The van der Waals surface area contributed by atoms with Gasteiger partial charge in [-0.05, 0) is 58.7 Å². The molecule has 2 atom stereocenters. The number of hydrogen-bond acceptors (Lipinski definition) is 2. The molecular formula is C12H24N2. The van der Waals surface area contributed by atoms with Gasteiger partial charge in [0.15, 0.2) is 0 Å². The first-order chi connectivity index (χ1) is 6.90. The van der Waals surface area contributed by atoms with Crippen LogP contribution in [-0.2, 0) is 0 Å². The zero-order chi connectivity index (χ0) is 9.80. The largest absolute Gasteiger partial charge is 0.317 e. The molecule has 0 bridgehead atoms. The van der Waals surface area contributed by atoms with Gasteiger partial charge in [-0.3, -0.25) is 0 Å². The average Bonchev–Trinajstić information content (AvgIpc) is 2.63. The van der Waals surface area contributed by atoms with Gasteiger partial charge in [-0.15, -0.1) is 0 Å². The van der Waals surface area contributed by atoms with E-state index in [1.165, 1.54) is 58.0 Å². The summed E-state index contributed by atoms with van der Waals surface area (Å²) in [5.41, 5.74) is 0. The number of rotatable bonds is 2. The minimum absolute atomic E-state index is 0.794. The Morgan fingerprint density at radius 2 is 1.71 bits per heavy atom. The predicted octanol–water partition coefficient (Wildman–Crippen LogP) is 2.00. The van der Waals surface area contributed by atoms with Crippen LogP contribution in [0.2, 0.25) is 0 Å². The Balaban J connectivity index is 1.82. The van der Waals surface area contributed by atoms with Gasteiger partial charge >= 0.3 is 0 Å². The summed E-state index contributed by atoms with van der Waals surface area (Å²) in [5, 5.41) is 3.44. The first-order valence-electron chi connectivity index (χ1n) is 6.31. The highest BCUT2D eigenvalue weighted by molar-refractivity contribution is 4.81. The molecule has 1 saturated heterocycles. The Kier molecular flexibility index (Phi) is 3.82. The van der Waals surface area contributed by atoms with Crippen LogP contribution in [0.15, 0.2) is 0 Å². The third-order valence-electron chi connectivity index (χ3n) is 4.00. The van der Waals surface area contributed by atoms with Gasteiger partial charge in [0.25, 0.3) is 0 Å². The number of nitrogens with zero attached hydrogens (tertiary/aromatic N) is 1. The van der Waals surface area contributed by atoms with Crippen LogP contribution in [0.25, 0.3) is 0 Å². The van der Waals surface area contributed by atoms with E-state index in [1.54, 1.807) is 0 Å². The highest BCUT2D eigenvalue weighted by atomic mass is 15.2. The maximum absolute atomic E-state index is 3.44. The second-order valence-corrected chi connectivity index (χ2v) is 4.89. The number of likely N-dealkylation sites (tertiary alicyclic amines) is 1. The molecule has 2 aliphatic rings. The van der Waals surface area contributed by atoms with Gasteiger partial charge in [0, 0.05) is 12.1 Å². The van der Waals surface area contributed by atoms with Gasteiger partial charge in [0.1, 0.15) is 0 Å². The molecule has 1 aliphatic heterocycles. The highest BCUT2D eigenvalue weighted by Gasteiger charge is 2.24. The lowest BCUT2D eigenvalue weighted by atomic mass is 10.1. The topological polar surface area (TPSA) is 15.3 Å². The van der Waals surface area contributed by atoms with Crippen molar-refractivity contribution in [1.82, 2.24) is 10.2 Å². The minimum atomic E-state index is 0.794. The van der Waals surface area contributed by atoms with Crippen LogP contribution in [0.5, 0.6) is 0 Å². The summed E-state index contributed by atoms with van der Waals surface area (Å²) >= 11 is 0. The van der Waals surface area contributed by atoms with Gasteiger partial charge in [0.05, 0.1) is 0 Å². The molecule has 0 aromatic carbocycles. The van der Waals surface area contributed by atoms with Crippen molar-refractivity contribution in [2.75, 3.05) is 20.1 Å². The Bertz CT molecular complexity index is 164. The zero-order valence-electron chi connectivity index (χ0n) is 9.47. The van der Waals surface area contributed by atoms with Crippen molar-refractivity contribution < 1.29 is 0 Å². The molecule has 2 unspecified atom stereocenters. The van der Waals surface area contributed by atoms with Crippen LogP contribution < -0.4 is 5.32 Å². The van der Waals surface area contributed by atoms with Crippen LogP contribution >= 0.6 is 0 Å². The van der Waals surface area contributed by atoms with Crippen LogP contribution in [0, 0.1) is 0 Å². The monoisotopic (exact) mass is 196 g/mol. The fourth-order valence-electron chi connectivity index (χ4n) is 3.04. The van der Waals surface area contributed by atoms with E-state index >= 15 is 0 Å². The summed E-state index contributed by atoms with van der Waals surface area (Å²) < 4.78 is 0. The van der Waals surface area contributed by atoms with Crippen molar-refractivity contribution in [1.29, 1.82) is 0 Å². The third kappa shape index (κ3) is 2.48. The van der Waals surface area contributed by atoms with E-state index < -0.39 is 0 Å². The van der Waals surface area contributed by atoms with Crippen molar-refractivity contribution in [2.45, 2.75) is 57.0 Å². The summed E-state index contributed by atoms with van der Waals surface area (Å²) in [6.45, 7) is 2.74. The van der Waals surface area contributed by atoms with Gasteiger partial charge < -0.3 is 10.2 Å². The normalized spacial score (nSPS) is 35.8. The molecule has 1 N–H and O–H groups in total. The van der Waals surface area contributed by atoms with Crippen LogP contribution in [-0.4, -0.2) is 37.1 Å². The van der Waals surface area contributed by atoms with E-state index in [-0.39, 0.29) is 0 Å². The summed E-state index contributed by atoms with van der Waals surface area (Å²) in [7, 11) is 2.11. The SMILES string of the molecule is CNC1CCCC(N2CCCC2)CC1. The summed E-state index contributed by atoms with van der Waals surface area (Å²) in [6.07, 6.45) is 9.94. The molecule has 2 fully saturated rings. The third-order valence-corrected chi connectivity index (χ3v) is 4.00. The average molecular weight is 196 g/mol. The van der Waals surface area contributed by atoms with Crippen LogP contribution in [0.3, 0.4) is 0 Å². The number of hydrogen-bond donors (Lipinski definition) is 1. The smallest absolute Gasteiger partial charge is 0.00958 e. The van der Waals surface area contributed by atoms with Crippen molar-refractivity contribution in [3.63, 3.8) is 0 Å². The maximum atomic E-state index is 3.44. The van der Waals surface area contributed by atoms with Crippen LogP contribution in [0.4, 0.5) is 0 Å². The van der Waals surface area contributed by atoms with E-state index in [2.05, 4.69) is 17.3 Å². The minimum Gasteiger partial charge on any atom is -0.317 e. The van der Waals surface area contributed by atoms with Crippen molar-refractivity contribution in [3.05, 3.63) is 0 Å². The quantitative estimate of drug-likeness (QED) is 0.680. The molecule has 0 radical (unpaired) electrons. The Hall–Kier alpha value is -0.0800. The van der Waals surface area contributed by atoms with Gasteiger partial charge in [0.2, 0.25) is 0 Å². The summed E-state index contributed by atoms with van der Waals surface area (Å²) in [5.74, 6) is 0. The molecule has 1 heterocycles. The molecule has 1 aliphatic carbocycles. The fourth-order valence-corrected chi connectivity index (χ4v) is 3.04. The molecule has 2 heteroatoms. The van der Waals surface area contributed by atoms with Crippen molar-refractivity contribution >= 4 is 0 Å². The second kappa shape index (κ2) is 5.13. The predicted molar refractivity (Wildman–Crippen MR) is 60.5 cm³/mol. The molecular weight excluding hydrogens is 172 g/mol. The van der Waals surface area contributed by atoms with E-state index in [0.717, 1.165) is 12.1 Å². The Morgan fingerprint density at radius 1 is 0.929 bits per heavy atom. The lowest BCUT2D eigenvalue weighted by Crippen LogP contribution is -2.32. The lowest BCUT2D eigenvalue weighted by molar-refractivity contribution is 0.220. The first kappa shape index (κ1) is 10.4. The molecule has 14 heavy (non-hydrogen) atoms. The molecule has 2 nitrogen and oxygen atoms in total. The van der Waals surface area contributed by atoms with Gasteiger partial charge in [-0.25, -0.2) is 0 Å². The van der Waals surface area contributed by atoms with Crippen molar-refractivity contribution in [2.24, 2.45) is 0 Å². The summed E-state index contributed by atoms with van der Waals surface area (Å²) in [4.78, 5) is 2.73. The van der Waals surface area contributed by atoms with E-state index in [9.17, 15) is 0 Å².